The molecule has 0 spiro atoms. The number of nitrogens with zero attached hydrogens (tertiary/aromatic N) is 2. The molecule has 6 nitrogen and oxygen atoms in total. The molecule has 0 unspecified atom stereocenters. The van der Waals surface area contributed by atoms with Crippen LogP contribution in [0, 0.1) is 0 Å². The molecule has 0 atom stereocenters. The molecule has 0 aliphatic rings. The van der Waals surface area contributed by atoms with Crippen LogP contribution in [-0.2, 0) is 14.4 Å². The molecule has 3 amide bonds. The lowest BCUT2D eigenvalue weighted by Gasteiger charge is -2.21. The Morgan fingerprint density at radius 2 is 1.37 bits per heavy atom. The van der Waals surface area contributed by atoms with Crippen LogP contribution < -0.4 is 5.32 Å². The average molecular weight is 416 g/mol. The van der Waals surface area contributed by atoms with Gasteiger partial charge in [0.1, 0.15) is 0 Å². The molecule has 0 aromatic heterocycles. The largest absolute Gasteiger partial charge is 0.343 e. The average Bonchev–Trinajstić information content (AvgIpc) is 2.63. The number of carbonyl (C=O) groups excluding carboxylic acids is 3. The molecule has 1 N–H and O–H groups in total. The summed E-state index contributed by atoms with van der Waals surface area (Å²) >= 11 is 12.1. The van der Waals surface area contributed by atoms with Crippen molar-refractivity contribution in [3.63, 3.8) is 0 Å². The van der Waals surface area contributed by atoms with Gasteiger partial charge in [0, 0.05) is 32.5 Å². The molecule has 0 aliphatic heterocycles. The van der Waals surface area contributed by atoms with Crippen molar-refractivity contribution in [2.24, 2.45) is 0 Å². The third-order valence-electron chi connectivity index (χ3n) is 4.19. The number of hydrogen-bond acceptors (Lipinski definition) is 3. The van der Waals surface area contributed by atoms with Crippen LogP contribution in [0.4, 0.5) is 5.69 Å². The van der Waals surface area contributed by atoms with Gasteiger partial charge in [-0.3, -0.25) is 14.4 Å². The van der Waals surface area contributed by atoms with Crippen molar-refractivity contribution in [3.05, 3.63) is 28.2 Å². The van der Waals surface area contributed by atoms with Gasteiger partial charge in [-0.2, -0.15) is 0 Å². The lowest BCUT2D eigenvalue weighted by atomic mass is 10.2. The predicted molar refractivity (Wildman–Crippen MR) is 109 cm³/mol. The zero-order chi connectivity index (χ0) is 20.4. The molecular weight excluding hydrogens is 389 g/mol. The van der Waals surface area contributed by atoms with E-state index in [4.69, 9.17) is 23.2 Å². The second kappa shape index (κ2) is 11.8. The summed E-state index contributed by atoms with van der Waals surface area (Å²) in [5, 5.41) is 3.31. The highest BCUT2D eigenvalue weighted by Crippen LogP contribution is 2.29. The number of carbonyl (C=O) groups is 3. The summed E-state index contributed by atoms with van der Waals surface area (Å²) in [5.41, 5.74) is 0.333. The lowest BCUT2D eigenvalue weighted by molar-refractivity contribution is -0.135. The highest BCUT2D eigenvalue weighted by molar-refractivity contribution is 6.39. The van der Waals surface area contributed by atoms with Crippen molar-refractivity contribution in [3.8, 4) is 0 Å². The van der Waals surface area contributed by atoms with Gasteiger partial charge in [-0.15, -0.1) is 0 Å². The minimum absolute atomic E-state index is 0.0435. The summed E-state index contributed by atoms with van der Waals surface area (Å²) in [6, 6.07) is 4.93. The summed E-state index contributed by atoms with van der Waals surface area (Å²) in [6.07, 6.45) is 1.01. The molecule has 0 saturated heterocycles. The van der Waals surface area contributed by atoms with Gasteiger partial charge >= 0.3 is 0 Å². The van der Waals surface area contributed by atoms with Crippen LogP contribution in [0.3, 0.4) is 0 Å². The molecule has 150 valence electrons. The highest BCUT2D eigenvalue weighted by Gasteiger charge is 2.18. The first-order chi connectivity index (χ1) is 12.8. The molecular formula is C19H27Cl2N3O3. The number of nitrogens with one attached hydrogen (secondary N) is 1. The summed E-state index contributed by atoms with van der Waals surface area (Å²) in [5.74, 6) is -0.494. The second-order valence-electron chi connectivity index (χ2n) is 5.97. The maximum absolute atomic E-state index is 12.4. The first-order valence-electron chi connectivity index (χ1n) is 9.13. The summed E-state index contributed by atoms with van der Waals surface area (Å²) in [6.45, 7) is 7.27. The Labute approximate surface area is 170 Å². The summed E-state index contributed by atoms with van der Waals surface area (Å²) in [4.78, 5) is 39.8. The van der Waals surface area contributed by atoms with Gasteiger partial charge in [-0.05, 0) is 39.3 Å². The Balaban J connectivity index is 2.53. The maximum atomic E-state index is 12.4. The Morgan fingerprint density at radius 1 is 0.889 bits per heavy atom. The van der Waals surface area contributed by atoms with Crippen LogP contribution in [0.5, 0.6) is 0 Å². The minimum atomic E-state index is -0.376. The number of amides is 3. The molecule has 8 heteroatoms. The van der Waals surface area contributed by atoms with Crippen molar-refractivity contribution in [2.75, 3.05) is 31.5 Å². The van der Waals surface area contributed by atoms with Gasteiger partial charge in [0.25, 0.3) is 0 Å². The van der Waals surface area contributed by atoms with Crippen LogP contribution >= 0.6 is 23.2 Å². The highest BCUT2D eigenvalue weighted by atomic mass is 35.5. The molecule has 0 saturated carbocycles. The topological polar surface area (TPSA) is 69.7 Å². The lowest BCUT2D eigenvalue weighted by Crippen LogP contribution is -2.38. The zero-order valence-corrected chi connectivity index (χ0v) is 17.6. The zero-order valence-electron chi connectivity index (χ0n) is 16.1. The van der Waals surface area contributed by atoms with E-state index in [0.717, 1.165) is 0 Å². The van der Waals surface area contributed by atoms with Crippen molar-refractivity contribution < 1.29 is 14.4 Å². The Kier molecular flexibility index (Phi) is 10.2. The molecule has 1 aromatic carbocycles. The van der Waals surface area contributed by atoms with E-state index < -0.39 is 0 Å². The third kappa shape index (κ3) is 7.39. The van der Waals surface area contributed by atoms with Crippen LogP contribution in [-0.4, -0.2) is 53.7 Å². The molecule has 1 aromatic rings. The van der Waals surface area contributed by atoms with Crippen LogP contribution in [0.15, 0.2) is 18.2 Å². The van der Waals surface area contributed by atoms with E-state index in [2.05, 4.69) is 5.32 Å². The van der Waals surface area contributed by atoms with Crippen molar-refractivity contribution in [1.82, 2.24) is 9.80 Å². The fraction of sp³-hybridized carbons (Fsp3) is 0.526. The van der Waals surface area contributed by atoms with E-state index >= 15 is 0 Å². The number of likely N-dealkylation sites (N-methyl/N-ethyl adjacent to an activating group) is 1. The molecule has 0 radical (unpaired) electrons. The monoisotopic (exact) mass is 415 g/mol. The first-order valence-corrected chi connectivity index (χ1v) is 9.88. The third-order valence-corrected chi connectivity index (χ3v) is 4.82. The first kappa shape index (κ1) is 23.2. The minimum Gasteiger partial charge on any atom is -0.343 e. The van der Waals surface area contributed by atoms with Gasteiger partial charge in [-0.25, -0.2) is 0 Å². The van der Waals surface area contributed by atoms with Gasteiger partial charge in [-0.1, -0.05) is 29.3 Å². The molecule has 0 aliphatic carbocycles. The quantitative estimate of drug-likeness (QED) is 0.631. The van der Waals surface area contributed by atoms with Gasteiger partial charge < -0.3 is 15.1 Å². The van der Waals surface area contributed by atoms with E-state index in [0.29, 0.717) is 48.2 Å². The van der Waals surface area contributed by atoms with Crippen LogP contribution in [0.25, 0.3) is 0 Å². The number of benzene rings is 1. The predicted octanol–water partition coefficient (Wildman–Crippen LogP) is 3.82. The molecule has 0 fully saturated rings. The number of anilines is 1. The van der Waals surface area contributed by atoms with E-state index in [1.807, 2.05) is 13.8 Å². The van der Waals surface area contributed by atoms with E-state index in [1.165, 1.54) is 4.90 Å². The Hall–Kier alpha value is -1.79. The van der Waals surface area contributed by atoms with E-state index in [9.17, 15) is 14.4 Å². The molecule has 0 bridgehead atoms. The number of para-hydroxylation sites is 1. The van der Waals surface area contributed by atoms with Crippen molar-refractivity contribution >= 4 is 46.6 Å². The van der Waals surface area contributed by atoms with E-state index in [-0.39, 0.29) is 30.7 Å². The molecule has 27 heavy (non-hydrogen) atoms. The fourth-order valence-corrected chi connectivity index (χ4v) is 3.12. The van der Waals surface area contributed by atoms with Crippen LogP contribution in [0.2, 0.25) is 10.0 Å². The molecule has 1 rings (SSSR count). The van der Waals surface area contributed by atoms with E-state index in [1.54, 1.807) is 30.0 Å². The van der Waals surface area contributed by atoms with Crippen molar-refractivity contribution in [1.29, 1.82) is 0 Å². The second-order valence-corrected chi connectivity index (χ2v) is 6.79. The number of halogens is 2. The standard InChI is InChI=1S/C19H27Cl2N3O3/c1-4-23(5-2)17(26)11-8-12-18(27)24(6-3)13-16(25)22-19-14(20)9-7-10-15(19)21/h7,9-10H,4-6,8,11-13H2,1-3H3,(H,22,25). The van der Waals surface area contributed by atoms with Gasteiger partial charge in [0.15, 0.2) is 0 Å². The Morgan fingerprint density at radius 3 is 1.85 bits per heavy atom. The smallest absolute Gasteiger partial charge is 0.244 e. The van der Waals surface area contributed by atoms with Gasteiger partial charge in [0.05, 0.1) is 22.3 Å². The number of rotatable bonds is 10. The van der Waals surface area contributed by atoms with Crippen molar-refractivity contribution in [2.45, 2.75) is 40.0 Å². The summed E-state index contributed by atoms with van der Waals surface area (Å²) in [7, 11) is 0. The fourth-order valence-electron chi connectivity index (χ4n) is 2.63. The molecule has 0 heterocycles. The summed E-state index contributed by atoms with van der Waals surface area (Å²) < 4.78 is 0. The maximum Gasteiger partial charge on any atom is 0.244 e. The normalized spacial score (nSPS) is 10.4. The van der Waals surface area contributed by atoms with Gasteiger partial charge in [0.2, 0.25) is 17.7 Å². The number of hydrogen-bond donors (Lipinski definition) is 1. The Bertz CT molecular complexity index is 643. The SMILES string of the molecule is CCN(CC)C(=O)CCCC(=O)N(CC)CC(=O)Nc1c(Cl)cccc1Cl. The van der Waals surface area contributed by atoms with Crippen LogP contribution in [0.1, 0.15) is 40.0 Å².